The third kappa shape index (κ3) is 4.58. The number of halogens is 2. The van der Waals surface area contributed by atoms with Gasteiger partial charge >= 0.3 is 0 Å². The lowest BCUT2D eigenvalue weighted by molar-refractivity contribution is -0.125. The Hall–Kier alpha value is -0.810. The second kappa shape index (κ2) is 7.99. The Morgan fingerprint density at radius 2 is 2.24 bits per heavy atom. The molecule has 0 radical (unpaired) electrons. The van der Waals surface area contributed by atoms with Crippen LogP contribution in [0, 0.1) is 0 Å². The maximum Gasteiger partial charge on any atom is 0.246 e. The van der Waals surface area contributed by atoms with Gasteiger partial charge in [0.1, 0.15) is 6.61 Å². The molecule has 1 saturated heterocycles. The minimum Gasteiger partial charge on any atom is -0.375 e. The van der Waals surface area contributed by atoms with Gasteiger partial charge < -0.3 is 15.4 Å². The monoisotopic (exact) mass is 330 g/mol. The molecular formula is C15H20Cl2N2O2. The van der Waals surface area contributed by atoms with Crippen LogP contribution in [0.1, 0.15) is 24.3 Å². The van der Waals surface area contributed by atoms with E-state index in [0.717, 1.165) is 31.5 Å². The summed E-state index contributed by atoms with van der Waals surface area (Å²) in [5.74, 6) is 0.0810. The lowest BCUT2D eigenvalue weighted by Crippen LogP contribution is -2.42. The van der Waals surface area contributed by atoms with Crippen molar-refractivity contribution in [3.63, 3.8) is 0 Å². The van der Waals surface area contributed by atoms with Gasteiger partial charge in [0.2, 0.25) is 5.91 Å². The number of ether oxygens (including phenoxy) is 1. The predicted molar refractivity (Wildman–Crippen MR) is 85.1 cm³/mol. The first kappa shape index (κ1) is 16.6. The molecule has 116 valence electrons. The fourth-order valence-electron chi connectivity index (χ4n) is 2.69. The molecule has 1 aliphatic rings. The standard InChI is InChI=1S/C15H20Cl2N2O2/c1-21-9-15(20)19-14-3-2-6-18-8-11(14)10-4-5-12(16)13(17)7-10/h4-5,7,11,14,18H,2-3,6,8-9H2,1H3,(H,19,20)/t11-,14+/m0/s1. The van der Waals surface area contributed by atoms with Gasteiger partial charge in [0.25, 0.3) is 0 Å². The summed E-state index contributed by atoms with van der Waals surface area (Å²) in [7, 11) is 1.52. The lowest BCUT2D eigenvalue weighted by Gasteiger charge is -2.26. The summed E-state index contributed by atoms with van der Waals surface area (Å²) in [5.41, 5.74) is 1.08. The highest BCUT2D eigenvalue weighted by Crippen LogP contribution is 2.30. The van der Waals surface area contributed by atoms with E-state index in [1.165, 1.54) is 7.11 Å². The number of hydrogen-bond donors (Lipinski definition) is 2. The van der Waals surface area contributed by atoms with Crippen LogP contribution in [0.3, 0.4) is 0 Å². The average Bonchev–Trinajstić information content (AvgIpc) is 2.68. The van der Waals surface area contributed by atoms with Gasteiger partial charge in [-0.05, 0) is 37.1 Å². The number of hydrogen-bond acceptors (Lipinski definition) is 3. The lowest BCUT2D eigenvalue weighted by atomic mass is 9.89. The Balaban J connectivity index is 2.18. The number of carbonyl (C=O) groups is 1. The summed E-state index contributed by atoms with van der Waals surface area (Å²) >= 11 is 12.1. The Bertz CT molecular complexity index is 497. The molecule has 21 heavy (non-hydrogen) atoms. The number of rotatable bonds is 4. The van der Waals surface area contributed by atoms with E-state index in [2.05, 4.69) is 10.6 Å². The molecule has 0 saturated carbocycles. The van der Waals surface area contributed by atoms with Gasteiger partial charge in [-0.2, -0.15) is 0 Å². The minimum atomic E-state index is -0.0885. The highest BCUT2D eigenvalue weighted by Gasteiger charge is 2.26. The Labute approximate surface area is 135 Å². The van der Waals surface area contributed by atoms with Crippen LogP contribution in [0.4, 0.5) is 0 Å². The van der Waals surface area contributed by atoms with E-state index < -0.39 is 0 Å². The maximum atomic E-state index is 11.8. The zero-order chi connectivity index (χ0) is 15.2. The largest absolute Gasteiger partial charge is 0.375 e. The van der Waals surface area contributed by atoms with Crippen molar-refractivity contribution in [2.24, 2.45) is 0 Å². The molecule has 2 rings (SSSR count). The minimum absolute atomic E-state index is 0.0693. The van der Waals surface area contributed by atoms with Gasteiger partial charge in [-0.1, -0.05) is 29.3 Å². The van der Waals surface area contributed by atoms with Gasteiger partial charge in [0.15, 0.2) is 0 Å². The van der Waals surface area contributed by atoms with Crippen molar-refractivity contribution in [3.8, 4) is 0 Å². The summed E-state index contributed by atoms with van der Waals surface area (Å²) in [6.45, 7) is 1.84. The van der Waals surface area contributed by atoms with Crippen LogP contribution >= 0.6 is 23.2 Å². The van der Waals surface area contributed by atoms with E-state index in [0.29, 0.717) is 10.0 Å². The number of carbonyl (C=O) groups excluding carboxylic acids is 1. The summed E-state index contributed by atoms with van der Waals surface area (Å²) < 4.78 is 4.89. The van der Waals surface area contributed by atoms with Crippen LogP contribution in [0.2, 0.25) is 10.0 Å². The number of methoxy groups -OCH3 is 1. The van der Waals surface area contributed by atoms with E-state index in [4.69, 9.17) is 27.9 Å². The quantitative estimate of drug-likeness (QED) is 0.892. The van der Waals surface area contributed by atoms with E-state index in [9.17, 15) is 4.79 Å². The summed E-state index contributed by atoms with van der Waals surface area (Å²) in [6.07, 6.45) is 1.95. The first-order chi connectivity index (χ1) is 10.1. The van der Waals surface area contributed by atoms with Crippen molar-refractivity contribution in [1.82, 2.24) is 10.6 Å². The molecule has 1 aromatic rings. The average molecular weight is 331 g/mol. The maximum absolute atomic E-state index is 11.8. The van der Waals surface area contributed by atoms with Crippen molar-refractivity contribution in [1.29, 1.82) is 0 Å². The summed E-state index contributed by atoms with van der Waals surface area (Å²) in [4.78, 5) is 11.8. The first-order valence-corrected chi connectivity index (χ1v) is 7.81. The van der Waals surface area contributed by atoms with Crippen molar-refractivity contribution in [2.75, 3.05) is 26.8 Å². The second-order valence-corrected chi connectivity index (χ2v) is 6.05. The third-order valence-electron chi connectivity index (χ3n) is 3.71. The van der Waals surface area contributed by atoms with E-state index in [1.54, 1.807) is 6.07 Å². The molecule has 1 fully saturated rings. The summed E-state index contributed by atoms with van der Waals surface area (Å²) in [6, 6.07) is 5.73. The van der Waals surface area contributed by atoms with Crippen LogP contribution in [0.5, 0.6) is 0 Å². The molecule has 1 aromatic carbocycles. The van der Waals surface area contributed by atoms with E-state index >= 15 is 0 Å². The molecule has 1 heterocycles. The van der Waals surface area contributed by atoms with Gasteiger partial charge in [-0.15, -0.1) is 0 Å². The molecule has 0 unspecified atom stereocenters. The Morgan fingerprint density at radius 1 is 1.43 bits per heavy atom. The zero-order valence-corrected chi connectivity index (χ0v) is 13.5. The van der Waals surface area contributed by atoms with Crippen LogP contribution in [-0.4, -0.2) is 38.8 Å². The third-order valence-corrected chi connectivity index (χ3v) is 4.45. The SMILES string of the molecule is COCC(=O)N[C@@H]1CCCNC[C@H]1c1ccc(Cl)c(Cl)c1. The van der Waals surface area contributed by atoms with Crippen LogP contribution < -0.4 is 10.6 Å². The number of benzene rings is 1. The van der Waals surface area contributed by atoms with Crippen LogP contribution in [0.25, 0.3) is 0 Å². The predicted octanol–water partition coefficient (Wildman–Crippen LogP) is 2.59. The second-order valence-electron chi connectivity index (χ2n) is 5.23. The van der Waals surface area contributed by atoms with Crippen LogP contribution in [-0.2, 0) is 9.53 Å². The zero-order valence-electron chi connectivity index (χ0n) is 12.0. The molecule has 0 aromatic heterocycles. The van der Waals surface area contributed by atoms with Crippen molar-refractivity contribution >= 4 is 29.1 Å². The smallest absolute Gasteiger partial charge is 0.246 e. The van der Waals surface area contributed by atoms with Crippen molar-refractivity contribution < 1.29 is 9.53 Å². The highest BCUT2D eigenvalue weighted by atomic mass is 35.5. The van der Waals surface area contributed by atoms with E-state index in [-0.39, 0.29) is 24.5 Å². The fourth-order valence-corrected chi connectivity index (χ4v) is 3.00. The van der Waals surface area contributed by atoms with Crippen molar-refractivity contribution in [3.05, 3.63) is 33.8 Å². The molecule has 0 spiro atoms. The molecule has 6 heteroatoms. The molecule has 1 aliphatic heterocycles. The van der Waals surface area contributed by atoms with Crippen molar-refractivity contribution in [2.45, 2.75) is 24.8 Å². The molecule has 2 atom stereocenters. The molecule has 4 nitrogen and oxygen atoms in total. The normalized spacial score (nSPS) is 22.6. The number of nitrogens with one attached hydrogen (secondary N) is 2. The van der Waals surface area contributed by atoms with Gasteiger partial charge in [-0.3, -0.25) is 4.79 Å². The molecule has 2 N–H and O–H groups in total. The first-order valence-electron chi connectivity index (χ1n) is 7.05. The molecule has 0 aliphatic carbocycles. The highest BCUT2D eigenvalue weighted by molar-refractivity contribution is 6.42. The fraction of sp³-hybridized carbons (Fsp3) is 0.533. The van der Waals surface area contributed by atoms with Gasteiger partial charge in [0.05, 0.1) is 10.0 Å². The Kier molecular flexibility index (Phi) is 6.30. The molecular weight excluding hydrogens is 311 g/mol. The number of amides is 1. The molecule has 1 amide bonds. The topological polar surface area (TPSA) is 50.4 Å². The van der Waals surface area contributed by atoms with Gasteiger partial charge in [0, 0.05) is 25.6 Å². The molecule has 0 bridgehead atoms. The Morgan fingerprint density at radius 3 is 2.95 bits per heavy atom. The van der Waals surface area contributed by atoms with Gasteiger partial charge in [-0.25, -0.2) is 0 Å². The summed E-state index contributed by atoms with van der Waals surface area (Å²) in [5, 5.41) is 7.55. The van der Waals surface area contributed by atoms with Crippen LogP contribution in [0.15, 0.2) is 18.2 Å². The van der Waals surface area contributed by atoms with E-state index in [1.807, 2.05) is 12.1 Å².